The molecule has 0 bridgehead atoms. The topological polar surface area (TPSA) is 98.4 Å². The van der Waals surface area contributed by atoms with Crippen LogP contribution >= 0.6 is 0 Å². The number of phenolic OH excluding ortho intramolecular Hbond substituents is 2. The molecule has 0 spiro atoms. The highest BCUT2D eigenvalue weighted by molar-refractivity contribution is 5.95. The monoisotopic (exact) mass is 396 g/mol. The maximum absolute atomic E-state index is 13.3. The van der Waals surface area contributed by atoms with Gasteiger partial charge in [0.25, 0.3) is 0 Å². The fraction of sp³-hybridized carbons (Fsp3) is 0.227. The van der Waals surface area contributed by atoms with Gasteiger partial charge in [0.05, 0.1) is 25.3 Å². The van der Waals surface area contributed by atoms with E-state index < -0.39 is 11.0 Å². The zero-order chi connectivity index (χ0) is 20.9. The summed E-state index contributed by atoms with van der Waals surface area (Å²) in [5, 5.41) is 20.6. The molecule has 0 saturated heterocycles. The summed E-state index contributed by atoms with van der Waals surface area (Å²) in [6, 6.07) is 4.24. The summed E-state index contributed by atoms with van der Waals surface area (Å²) in [7, 11) is 2.82. The van der Waals surface area contributed by atoms with Gasteiger partial charge >= 0.3 is 0 Å². The third-order valence-corrected chi connectivity index (χ3v) is 4.84. The highest BCUT2D eigenvalue weighted by Crippen LogP contribution is 2.42. The van der Waals surface area contributed by atoms with Crippen molar-refractivity contribution < 1.29 is 28.8 Å². The molecule has 0 radical (unpaired) electrons. The van der Waals surface area contributed by atoms with Gasteiger partial charge in [-0.3, -0.25) is 4.79 Å². The number of hydrogen-bond acceptors (Lipinski definition) is 7. The molecule has 0 unspecified atom stereocenters. The Labute approximate surface area is 166 Å². The lowest BCUT2D eigenvalue weighted by atomic mass is 9.98. The minimum atomic E-state index is -0.538. The van der Waals surface area contributed by atoms with Gasteiger partial charge in [-0.25, -0.2) is 0 Å². The molecule has 2 aromatic carbocycles. The first-order valence-electron chi connectivity index (χ1n) is 8.91. The lowest BCUT2D eigenvalue weighted by Gasteiger charge is -2.28. The van der Waals surface area contributed by atoms with E-state index in [-0.39, 0.29) is 39.5 Å². The maximum Gasteiger partial charge on any atom is 0.204 e. The molecule has 29 heavy (non-hydrogen) atoms. The maximum atomic E-state index is 13.3. The van der Waals surface area contributed by atoms with Crippen LogP contribution in [-0.4, -0.2) is 30.0 Å². The SMILES string of the molecule is COc1cc(-c2coc3c4c(cc(O)c3c2=O)OC(C)(C)C=C4)c(OC)cc1O. The van der Waals surface area contributed by atoms with Crippen molar-refractivity contribution in [2.45, 2.75) is 19.4 Å². The first-order chi connectivity index (χ1) is 13.8. The van der Waals surface area contributed by atoms with Gasteiger partial charge in [0, 0.05) is 17.7 Å². The summed E-state index contributed by atoms with van der Waals surface area (Å²) in [4.78, 5) is 13.3. The van der Waals surface area contributed by atoms with Crippen molar-refractivity contribution in [3.05, 3.63) is 46.3 Å². The van der Waals surface area contributed by atoms with Crippen LogP contribution in [0.4, 0.5) is 0 Å². The van der Waals surface area contributed by atoms with Crippen molar-refractivity contribution in [1.82, 2.24) is 0 Å². The van der Waals surface area contributed by atoms with Gasteiger partial charge < -0.3 is 28.8 Å². The molecule has 0 saturated carbocycles. The Hall–Kier alpha value is -3.61. The molecule has 3 aromatic rings. The standard InChI is InChI=1S/C22H20O7/c1-22(2)6-5-11-17(29-22)9-15(24)19-20(25)13(10-28-21(11)19)12-7-18(27-4)14(23)8-16(12)26-3/h5-10,23-24H,1-4H3. The van der Waals surface area contributed by atoms with Crippen LogP contribution in [0.1, 0.15) is 19.4 Å². The van der Waals surface area contributed by atoms with E-state index in [0.29, 0.717) is 16.9 Å². The lowest BCUT2D eigenvalue weighted by Crippen LogP contribution is -2.27. The predicted molar refractivity (Wildman–Crippen MR) is 108 cm³/mol. The Kier molecular flexibility index (Phi) is 4.19. The number of fused-ring (bicyclic) bond motifs is 3. The lowest BCUT2D eigenvalue weighted by molar-refractivity contribution is 0.158. The molecule has 4 rings (SSSR count). The first-order valence-corrected chi connectivity index (χ1v) is 8.91. The van der Waals surface area contributed by atoms with E-state index >= 15 is 0 Å². The molecule has 0 fully saturated rings. The van der Waals surface area contributed by atoms with Gasteiger partial charge in [-0.05, 0) is 32.1 Å². The minimum Gasteiger partial charge on any atom is -0.507 e. The van der Waals surface area contributed by atoms with Gasteiger partial charge in [0.2, 0.25) is 5.43 Å². The van der Waals surface area contributed by atoms with Crippen LogP contribution in [0.25, 0.3) is 28.2 Å². The number of methoxy groups -OCH3 is 2. The van der Waals surface area contributed by atoms with Gasteiger partial charge in [-0.2, -0.15) is 0 Å². The third kappa shape index (κ3) is 2.95. The highest BCUT2D eigenvalue weighted by atomic mass is 16.5. The molecule has 0 atom stereocenters. The summed E-state index contributed by atoms with van der Waals surface area (Å²) in [5.41, 5.74) is 0.340. The van der Waals surface area contributed by atoms with E-state index in [2.05, 4.69) is 0 Å². The fourth-order valence-electron chi connectivity index (χ4n) is 3.41. The fourth-order valence-corrected chi connectivity index (χ4v) is 3.41. The molecular weight excluding hydrogens is 376 g/mol. The summed E-state index contributed by atoms with van der Waals surface area (Å²) >= 11 is 0. The quantitative estimate of drug-likeness (QED) is 0.688. The molecule has 150 valence electrons. The zero-order valence-corrected chi connectivity index (χ0v) is 16.4. The van der Waals surface area contributed by atoms with Crippen LogP contribution in [0.15, 0.2) is 39.7 Å². The van der Waals surface area contributed by atoms with E-state index in [1.54, 1.807) is 0 Å². The van der Waals surface area contributed by atoms with Crippen LogP contribution in [0.3, 0.4) is 0 Å². The van der Waals surface area contributed by atoms with Crippen molar-refractivity contribution in [3.63, 3.8) is 0 Å². The number of aromatic hydroxyl groups is 2. The van der Waals surface area contributed by atoms with Gasteiger partial charge in [-0.1, -0.05) is 0 Å². The Balaban J connectivity index is 2.00. The second-order valence-corrected chi connectivity index (χ2v) is 7.25. The molecule has 1 aliphatic rings. The average Bonchev–Trinajstić information content (AvgIpc) is 2.67. The van der Waals surface area contributed by atoms with Crippen molar-refractivity contribution in [1.29, 1.82) is 0 Å². The third-order valence-electron chi connectivity index (χ3n) is 4.84. The van der Waals surface area contributed by atoms with Crippen LogP contribution in [0.2, 0.25) is 0 Å². The molecule has 2 N–H and O–H groups in total. The van der Waals surface area contributed by atoms with E-state index in [1.165, 1.54) is 38.7 Å². The second-order valence-electron chi connectivity index (χ2n) is 7.25. The largest absolute Gasteiger partial charge is 0.507 e. The smallest absolute Gasteiger partial charge is 0.204 e. The van der Waals surface area contributed by atoms with Crippen molar-refractivity contribution in [3.8, 4) is 39.9 Å². The normalized spacial score (nSPS) is 14.3. The Morgan fingerprint density at radius 3 is 2.38 bits per heavy atom. The predicted octanol–water partition coefficient (Wildman–Crippen LogP) is 4.07. The van der Waals surface area contributed by atoms with Gasteiger partial charge in [-0.15, -0.1) is 0 Å². The van der Waals surface area contributed by atoms with Crippen molar-refractivity contribution in [2.75, 3.05) is 14.2 Å². The zero-order valence-electron chi connectivity index (χ0n) is 16.4. The van der Waals surface area contributed by atoms with Crippen LogP contribution in [0, 0.1) is 0 Å². The highest BCUT2D eigenvalue weighted by Gasteiger charge is 2.27. The molecule has 1 aromatic heterocycles. The molecule has 1 aliphatic heterocycles. The molecular formula is C22H20O7. The van der Waals surface area contributed by atoms with Gasteiger partial charge in [0.1, 0.15) is 34.5 Å². The van der Waals surface area contributed by atoms with E-state index in [0.717, 1.165) is 0 Å². The van der Waals surface area contributed by atoms with Crippen molar-refractivity contribution >= 4 is 17.0 Å². The summed E-state index contributed by atoms with van der Waals surface area (Å²) < 4.78 is 22.1. The second kappa shape index (κ2) is 6.48. The summed E-state index contributed by atoms with van der Waals surface area (Å²) in [6.07, 6.45) is 4.97. The van der Waals surface area contributed by atoms with E-state index in [4.69, 9.17) is 18.6 Å². The average molecular weight is 396 g/mol. The van der Waals surface area contributed by atoms with Crippen molar-refractivity contribution in [2.24, 2.45) is 0 Å². The number of hydrogen-bond donors (Lipinski definition) is 2. The Morgan fingerprint density at radius 2 is 1.69 bits per heavy atom. The number of benzene rings is 2. The molecule has 0 aliphatic carbocycles. The summed E-state index contributed by atoms with van der Waals surface area (Å²) in [6.45, 7) is 3.77. The van der Waals surface area contributed by atoms with Crippen LogP contribution in [-0.2, 0) is 0 Å². The number of ether oxygens (including phenoxy) is 3. The minimum absolute atomic E-state index is 0.0308. The summed E-state index contributed by atoms with van der Waals surface area (Å²) in [5.74, 6) is 0.499. The number of rotatable bonds is 3. The Bertz CT molecular complexity index is 1220. The molecule has 0 amide bonds. The van der Waals surface area contributed by atoms with Crippen LogP contribution in [0.5, 0.6) is 28.7 Å². The Morgan fingerprint density at radius 1 is 0.966 bits per heavy atom. The van der Waals surface area contributed by atoms with E-state index in [1.807, 2.05) is 26.0 Å². The first kappa shape index (κ1) is 18.7. The molecule has 7 heteroatoms. The molecule has 2 heterocycles. The van der Waals surface area contributed by atoms with Crippen LogP contribution < -0.4 is 19.6 Å². The van der Waals surface area contributed by atoms with E-state index in [9.17, 15) is 15.0 Å². The van der Waals surface area contributed by atoms with Gasteiger partial charge in [0.15, 0.2) is 17.1 Å². The molecule has 7 nitrogen and oxygen atoms in total. The number of phenols is 2.